The Morgan fingerprint density at radius 2 is 2.11 bits per heavy atom. The summed E-state index contributed by atoms with van der Waals surface area (Å²) in [4.78, 5) is 0.370. The average molecular weight is 127 g/mol. The maximum absolute atomic E-state index is 10.4. The molecule has 0 bridgehead atoms. The molecule has 1 aliphatic rings. The first-order chi connectivity index (χ1) is 4.02. The van der Waals surface area contributed by atoms with Crippen molar-refractivity contribution in [1.82, 2.24) is 0 Å². The molecule has 0 saturated heterocycles. The van der Waals surface area contributed by atoms with E-state index in [0.717, 1.165) is 5.71 Å². The number of hydrogen-bond donors (Lipinski definition) is 0. The normalized spacial score (nSPS) is 23.4. The van der Waals surface area contributed by atoms with Crippen LogP contribution in [0.4, 0.5) is 0 Å². The van der Waals surface area contributed by atoms with Crippen molar-refractivity contribution < 1.29 is 4.97 Å². The van der Waals surface area contributed by atoms with E-state index in [1.54, 1.807) is 6.92 Å². The van der Waals surface area contributed by atoms with Crippen LogP contribution in [0.2, 0.25) is 0 Å². The molecule has 4 nitrogen and oxygen atoms in total. The van der Waals surface area contributed by atoms with E-state index in [-0.39, 0.29) is 5.54 Å². The Morgan fingerprint density at radius 3 is 2.22 bits per heavy atom. The minimum Gasteiger partial charge on any atom is -0.570 e. The van der Waals surface area contributed by atoms with Crippen LogP contribution < -0.4 is 0 Å². The topological polar surface area (TPSA) is 50.8 Å². The van der Waals surface area contributed by atoms with Gasteiger partial charge in [0.15, 0.2) is 5.54 Å². The molecular weight excluding hydrogens is 118 g/mol. The van der Waals surface area contributed by atoms with Crippen LogP contribution in [0.5, 0.6) is 0 Å². The lowest BCUT2D eigenvalue weighted by molar-refractivity contribution is -0.531. The molecule has 0 fully saturated rings. The van der Waals surface area contributed by atoms with Gasteiger partial charge < -0.3 is 5.21 Å². The number of nitrogens with zero attached hydrogens (tertiary/aromatic N) is 3. The van der Waals surface area contributed by atoms with Gasteiger partial charge in [-0.2, -0.15) is 0 Å². The van der Waals surface area contributed by atoms with E-state index in [1.807, 2.05) is 13.8 Å². The van der Waals surface area contributed by atoms with Gasteiger partial charge in [0.2, 0.25) is 0 Å². The van der Waals surface area contributed by atoms with Crippen molar-refractivity contribution >= 4 is 5.71 Å². The zero-order valence-corrected chi connectivity index (χ0v) is 5.75. The Kier molecular flexibility index (Phi) is 1.05. The third-order valence-corrected chi connectivity index (χ3v) is 1.46. The highest BCUT2D eigenvalue weighted by Crippen LogP contribution is 2.16. The van der Waals surface area contributed by atoms with Crippen molar-refractivity contribution in [2.75, 3.05) is 0 Å². The number of hydrogen-bond acceptors (Lipinski definition) is 3. The van der Waals surface area contributed by atoms with Crippen LogP contribution in [0.1, 0.15) is 20.8 Å². The summed E-state index contributed by atoms with van der Waals surface area (Å²) in [5.74, 6) is 0. The highest BCUT2D eigenvalue weighted by molar-refractivity contribution is 5.90. The third kappa shape index (κ3) is 0.918. The Balaban J connectivity index is 2.96. The third-order valence-electron chi connectivity index (χ3n) is 1.46. The fourth-order valence-electron chi connectivity index (χ4n) is 0.559. The first kappa shape index (κ1) is 6.19. The molecule has 9 heavy (non-hydrogen) atoms. The molecule has 0 atom stereocenters. The van der Waals surface area contributed by atoms with Crippen molar-refractivity contribution in [2.45, 2.75) is 26.3 Å². The summed E-state index contributed by atoms with van der Waals surface area (Å²) in [5, 5.41) is 17.7. The summed E-state index contributed by atoms with van der Waals surface area (Å²) < 4.78 is 0. The van der Waals surface area contributed by atoms with E-state index in [9.17, 15) is 5.21 Å². The zero-order chi connectivity index (χ0) is 7.07. The van der Waals surface area contributed by atoms with Crippen LogP contribution in [-0.4, -0.2) is 16.2 Å². The fourth-order valence-corrected chi connectivity index (χ4v) is 0.559. The first-order valence-corrected chi connectivity index (χ1v) is 2.78. The second kappa shape index (κ2) is 1.52. The van der Waals surface area contributed by atoms with Crippen molar-refractivity contribution in [3.05, 3.63) is 5.21 Å². The van der Waals surface area contributed by atoms with Gasteiger partial charge >= 0.3 is 0 Å². The lowest BCUT2D eigenvalue weighted by atomic mass is 10.0. The quantitative estimate of drug-likeness (QED) is 0.355. The molecule has 0 saturated carbocycles. The smallest absolute Gasteiger partial charge is 0.165 e. The first-order valence-electron chi connectivity index (χ1n) is 2.78. The molecule has 0 amide bonds. The standard InChI is InChI=1S/C5H9N3O/c1-4-5(2,3)7-8(9)6-4/h1-3H3. The minimum atomic E-state index is -0.387. The van der Waals surface area contributed by atoms with Gasteiger partial charge in [-0.05, 0) is 20.8 Å². The summed E-state index contributed by atoms with van der Waals surface area (Å²) in [5.41, 5.74) is 0.374. The van der Waals surface area contributed by atoms with Crippen LogP contribution in [0.3, 0.4) is 0 Å². The molecule has 4 heteroatoms. The van der Waals surface area contributed by atoms with Crippen molar-refractivity contribution in [3.63, 3.8) is 0 Å². The predicted molar refractivity (Wildman–Crippen MR) is 33.2 cm³/mol. The monoisotopic (exact) mass is 127 g/mol. The molecule has 50 valence electrons. The molecule has 0 aromatic carbocycles. The van der Waals surface area contributed by atoms with Gasteiger partial charge in [-0.15, -0.1) is 0 Å². The Hall–Kier alpha value is -0.930. The van der Waals surface area contributed by atoms with Crippen LogP contribution in [0.15, 0.2) is 10.2 Å². The molecule has 1 heterocycles. The molecule has 0 spiro atoms. The maximum atomic E-state index is 10.4. The molecule has 0 N–H and O–H groups in total. The summed E-state index contributed by atoms with van der Waals surface area (Å²) in [6.45, 7) is 5.49. The van der Waals surface area contributed by atoms with E-state index in [1.165, 1.54) is 0 Å². The van der Waals surface area contributed by atoms with Gasteiger partial charge in [0.05, 0.1) is 4.97 Å². The van der Waals surface area contributed by atoms with Crippen molar-refractivity contribution in [1.29, 1.82) is 0 Å². The number of rotatable bonds is 0. The van der Waals surface area contributed by atoms with Crippen LogP contribution in [0, 0.1) is 5.21 Å². The fraction of sp³-hybridized carbons (Fsp3) is 0.800. The van der Waals surface area contributed by atoms with Crippen molar-refractivity contribution in [2.24, 2.45) is 10.2 Å². The van der Waals surface area contributed by atoms with Crippen LogP contribution in [-0.2, 0) is 0 Å². The van der Waals surface area contributed by atoms with E-state index >= 15 is 0 Å². The Labute approximate surface area is 53.5 Å². The summed E-state index contributed by atoms with van der Waals surface area (Å²) >= 11 is 0. The van der Waals surface area contributed by atoms with Crippen LogP contribution >= 0.6 is 0 Å². The summed E-state index contributed by atoms with van der Waals surface area (Å²) in [7, 11) is 0. The van der Waals surface area contributed by atoms with Crippen molar-refractivity contribution in [3.8, 4) is 0 Å². The molecule has 0 aromatic rings. The Morgan fingerprint density at radius 1 is 1.56 bits per heavy atom. The summed E-state index contributed by atoms with van der Waals surface area (Å²) in [6, 6.07) is 0. The minimum absolute atomic E-state index is 0.370. The maximum Gasteiger partial charge on any atom is 0.165 e. The lowest BCUT2D eigenvalue weighted by Crippen LogP contribution is -2.23. The van der Waals surface area contributed by atoms with E-state index < -0.39 is 0 Å². The molecule has 0 aliphatic carbocycles. The van der Waals surface area contributed by atoms with Gasteiger partial charge in [0, 0.05) is 10.2 Å². The van der Waals surface area contributed by atoms with Gasteiger partial charge in [-0.1, -0.05) is 0 Å². The van der Waals surface area contributed by atoms with Crippen LogP contribution in [0.25, 0.3) is 0 Å². The predicted octanol–water partition coefficient (Wildman–Crippen LogP) is 1.12. The number of hydrazone groups is 1. The molecule has 0 radical (unpaired) electrons. The van der Waals surface area contributed by atoms with E-state index in [0.29, 0.717) is 4.97 Å². The van der Waals surface area contributed by atoms with Gasteiger partial charge in [-0.3, -0.25) is 0 Å². The SMILES string of the molecule is CC1=N[N+]([O-])=NC1(C)C. The van der Waals surface area contributed by atoms with E-state index in [4.69, 9.17) is 0 Å². The molecule has 0 unspecified atom stereocenters. The molecule has 0 aromatic heterocycles. The van der Waals surface area contributed by atoms with Gasteiger partial charge in [0.1, 0.15) is 5.71 Å². The second-order valence-electron chi connectivity index (χ2n) is 2.60. The Bertz CT molecular complexity index is 192. The molecule has 1 rings (SSSR count). The zero-order valence-electron chi connectivity index (χ0n) is 5.75. The largest absolute Gasteiger partial charge is 0.570 e. The highest BCUT2D eigenvalue weighted by Gasteiger charge is 2.32. The molecule has 1 aliphatic heterocycles. The van der Waals surface area contributed by atoms with Gasteiger partial charge in [-0.25, -0.2) is 0 Å². The lowest BCUT2D eigenvalue weighted by Gasteiger charge is -2.04. The average Bonchev–Trinajstić information content (AvgIpc) is 1.79. The van der Waals surface area contributed by atoms with Gasteiger partial charge in [0.25, 0.3) is 0 Å². The highest BCUT2D eigenvalue weighted by atomic mass is 16.5. The second-order valence-corrected chi connectivity index (χ2v) is 2.60. The summed E-state index contributed by atoms with van der Waals surface area (Å²) in [6.07, 6.45) is 0. The molecular formula is C5H9N3O. The van der Waals surface area contributed by atoms with E-state index in [2.05, 4.69) is 10.2 Å².